The molecule has 20 heavy (non-hydrogen) atoms. The molecule has 0 aromatic heterocycles. The van der Waals surface area contributed by atoms with E-state index in [2.05, 4.69) is 36.4 Å². The van der Waals surface area contributed by atoms with Crippen LogP contribution in [0.5, 0.6) is 0 Å². The maximum Gasteiger partial charge on any atom is 0.0812 e. The fraction of sp³-hybridized carbons (Fsp3) is 0.667. The van der Waals surface area contributed by atoms with Crippen LogP contribution >= 0.6 is 15.9 Å². The minimum absolute atomic E-state index is 0.325. The van der Waals surface area contributed by atoms with E-state index in [-0.39, 0.29) is 0 Å². The molecule has 0 spiro atoms. The predicted octanol–water partition coefficient (Wildman–Crippen LogP) is 6.39. The smallest absolute Gasteiger partial charge is 0.0812 e. The molecule has 0 radical (unpaired) electrons. The molecule has 2 unspecified atom stereocenters. The number of aliphatic hydroxyl groups is 1. The zero-order chi connectivity index (χ0) is 16.0. The van der Waals surface area contributed by atoms with Crippen molar-refractivity contribution in [3.63, 3.8) is 0 Å². The number of allylic oxidation sites excluding steroid dienone is 3. The molecular formula is C18H33BrO. The second kappa shape index (κ2) is 15.1. The molecule has 0 fully saturated rings. The van der Waals surface area contributed by atoms with Gasteiger partial charge in [0, 0.05) is 4.48 Å². The predicted molar refractivity (Wildman–Crippen MR) is 96.2 cm³/mol. The van der Waals surface area contributed by atoms with E-state index in [4.69, 9.17) is 0 Å². The Kier molecular flexibility index (Phi) is 16.5. The van der Waals surface area contributed by atoms with Crippen LogP contribution in [-0.2, 0) is 0 Å². The van der Waals surface area contributed by atoms with Crippen LogP contribution in [0.1, 0.15) is 66.7 Å². The van der Waals surface area contributed by atoms with Crippen molar-refractivity contribution in [2.75, 3.05) is 0 Å². The molecular weight excluding hydrogens is 312 g/mol. The van der Waals surface area contributed by atoms with E-state index in [1.165, 1.54) is 19.3 Å². The second-order valence-electron chi connectivity index (χ2n) is 4.71. The summed E-state index contributed by atoms with van der Waals surface area (Å²) in [5.41, 5.74) is 0.795. The monoisotopic (exact) mass is 344 g/mol. The van der Waals surface area contributed by atoms with Gasteiger partial charge in [-0.2, -0.15) is 0 Å². The van der Waals surface area contributed by atoms with Crippen LogP contribution in [0.2, 0.25) is 0 Å². The lowest BCUT2D eigenvalue weighted by Gasteiger charge is -2.22. The van der Waals surface area contributed by atoms with Crippen molar-refractivity contribution in [3.8, 4) is 0 Å². The topological polar surface area (TPSA) is 20.2 Å². The van der Waals surface area contributed by atoms with E-state index >= 15 is 0 Å². The maximum absolute atomic E-state index is 10.3. The lowest BCUT2D eigenvalue weighted by atomic mass is 9.89. The van der Waals surface area contributed by atoms with Crippen LogP contribution in [0, 0.1) is 5.92 Å². The molecule has 1 N–H and O–H groups in total. The zero-order valence-electron chi connectivity index (χ0n) is 14.0. The van der Waals surface area contributed by atoms with Crippen LogP contribution in [0.15, 0.2) is 34.9 Å². The van der Waals surface area contributed by atoms with Crippen molar-refractivity contribution >= 4 is 15.9 Å². The summed E-state index contributed by atoms with van der Waals surface area (Å²) < 4.78 is 0.956. The first-order chi connectivity index (χ1) is 9.56. The molecule has 0 amide bonds. The van der Waals surface area contributed by atoms with Gasteiger partial charge < -0.3 is 5.11 Å². The molecule has 0 bridgehead atoms. The SMILES string of the molecule is C=C(/C=C(Br)\C=C/C)C(O)C(CC)CCCCC.CC. The first-order valence-electron chi connectivity index (χ1n) is 7.93. The van der Waals surface area contributed by atoms with Crippen LogP contribution in [0.25, 0.3) is 0 Å². The Bertz CT molecular complexity index is 292. The van der Waals surface area contributed by atoms with Crippen LogP contribution in [0.4, 0.5) is 0 Å². The lowest BCUT2D eigenvalue weighted by Crippen LogP contribution is -2.21. The summed E-state index contributed by atoms with van der Waals surface area (Å²) in [5.74, 6) is 0.325. The standard InChI is InChI=1S/C16H27BrO.C2H6/c1-5-8-9-11-14(7-3)16(18)13(4)12-15(17)10-6-2;1-2/h6,10,12,14,16,18H,4-5,7-9,11H2,1-3H3;1-2H3/b10-6-,15-12+;. The third-order valence-corrected chi connectivity index (χ3v) is 3.67. The number of rotatable bonds is 9. The van der Waals surface area contributed by atoms with Crippen molar-refractivity contribution in [2.24, 2.45) is 5.92 Å². The summed E-state index contributed by atoms with van der Waals surface area (Å²) >= 11 is 3.44. The van der Waals surface area contributed by atoms with Gasteiger partial charge in [0.15, 0.2) is 0 Å². The summed E-state index contributed by atoms with van der Waals surface area (Å²) in [6, 6.07) is 0. The molecule has 0 aliphatic heterocycles. The molecule has 0 heterocycles. The highest BCUT2D eigenvalue weighted by Crippen LogP contribution is 2.24. The zero-order valence-corrected chi connectivity index (χ0v) is 15.5. The number of halogens is 1. The van der Waals surface area contributed by atoms with E-state index in [1.807, 2.05) is 39.0 Å². The van der Waals surface area contributed by atoms with Crippen molar-refractivity contribution in [1.82, 2.24) is 0 Å². The summed E-state index contributed by atoms with van der Waals surface area (Å²) in [6.45, 7) is 14.3. The van der Waals surface area contributed by atoms with Crippen LogP contribution in [-0.4, -0.2) is 11.2 Å². The molecule has 0 rings (SSSR count). The minimum Gasteiger partial charge on any atom is -0.388 e. The number of hydrogen-bond acceptors (Lipinski definition) is 1. The molecule has 118 valence electrons. The van der Waals surface area contributed by atoms with Crippen LogP contribution < -0.4 is 0 Å². The largest absolute Gasteiger partial charge is 0.388 e. The van der Waals surface area contributed by atoms with Crippen molar-refractivity contribution in [3.05, 3.63) is 34.9 Å². The summed E-state index contributed by atoms with van der Waals surface area (Å²) in [4.78, 5) is 0. The molecule has 0 aromatic carbocycles. The van der Waals surface area contributed by atoms with E-state index in [1.54, 1.807) is 0 Å². The fourth-order valence-electron chi connectivity index (χ4n) is 2.01. The van der Waals surface area contributed by atoms with Gasteiger partial charge in [-0.15, -0.1) is 0 Å². The quantitative estimate of drug-likeness (QED) is 0.379. The van der Waals surface area contributed by atoms with Crippen molar-refractivity contribution in [2.45, 2.75) is 72.8 Å². The molecule has 1 nitrogen and oxygen atoms in total. The molecule has 0 aromatic rings. The van der Waals surface area contributed by atoms with Gasteiger partial charge in [0.05, 0.1) is 6.10 Å². The van der Waals surface area contributed by atoms with E-state index < -0.39 is 6.10 Å². The summed E-state index contributed by atoms with van der Waals surface area (Å²) in [5, 5.41) is 10.3. The average Bonchev–Trinajstić information content (AvgIpc) is 2.45. The Balaban J connectivity index is 0. The summed E-state index contributed by atoms with van der Waals surface area (Å²) in [6.07, 6.45) is 11.1. The van der Waals surface area contributed by atoms with Gasteiger partial charge in [-0.1, -0.05) is 88.0 Å². The van der Waals surface area contributed by atoms with E-state index in [9.17, 15) is 5.11 Å². The normalized spacial score (nSPS) is 14.7. The third-order valence-electron chi connectivity index (χ3n) is 3.18. The first-order valence-corrected chi connectivity index (χ1v) is 8.72. The van der Waals surface area contributed by atoms with Gasteiger partial charge in [0.25, 0.3) is 0 Å². The van der Waals surface area contributed by atoms with Gasteiger partial charge in [-0.05, 0) is 30.9 Å². The second-order valence-corrected chi connectivity index (χ2v) is 5.63. The number of aliphatic hydroxyl groups excluding tert-OH is 1. The molecule has 0 aliphatic rings. The van der Waals surface area contributed by atoms with Gasteiger partial charge >= 0.3 is 0 Å². The van der Waals surface area contributed by atoms with Gasteiger partial charge in [0.2, 0.25) is 0 Å². The van der Waals surface area contributed by atoms with Crippen molar-refractivity contribution < 1.29 is 5.11 Å². The van der Waals surface area contributed by atoms with Gasteiger partial charge in [0.1, 0.15) is 0 Å². The highest BCUT2D eigenvalue weighted by molar-refractivity contribution is 9.11. The van der Waals surface area contributed by atoms with Gasteiger partial charge in [-0.25, -0.2) is 0 Å². The minimum atomic E-state index is -0.426. The number of hydrogen-bond donors (Lipinski definition) is 1. The molecule has 2 atom stereocenters. The Morgan fingerprint density at radius 2 is 1.85 bits per heavy atom. The van der Waals surface area contributed by atoms with E-state index in [0.717, 1.165) is 22.9 Å². The first kappa shape index (κ1) is 21.9. The number of unbranched alkanes of at least 4 members (excludes halogenated alkanes) is 2. The average molecular weight is 345 g/mol. The highest BCUT2D eigenvalue weighted by Gasteiger charge is 2.18. The molecule has 0 saturated carbocycles. The fourth-order valence-corrected chi connectivity index (χ4v) is 2.57. The molecule has 2 heteroatoms. The molecule has 0 saturated heterocycles. The Morgan fingerprint density at radius 1 is 1.25 bits per heavy atom. The van der Waals surface area contributed by atoms with E-state index in [0.29, 0.717) is 5.92 Å². The maximum atomic E-state index is 10.3. The highest BCUT2D eigenvalue weighted by atomic mass is 79.9. The van der Waals surface area contributed by atoms with Crippen LogP contribution in [0.3, 0.4) is 0 Å². The third kappa shape index (κ3) is 10.4. The van der Waals surface area contributed by atoms with Crippen molar-refractivity contribution in [1.29, 1.82) is 0 Å². The molecule has 0 aliphatic carbocycles. The Morgan fingerprint density at radius 3 is 2.30 bits per heavy atom. The summed E-state index contributed by atoms with van der Waals surface area (Å²) in [7, 11) is 0. The Labute approximate surface area is 135 Å². The lowest BCUT2D eigenvalue weighted by molar-refractivity contribution is 0.134. The van der Waals surface area contributed by atoms with Gasteiger partial charge in [-0.3, -0.25) is 0 Å². The Hall–Kier alpha value is -0.340.